The molecule has 0 fully saturated rings. The number of aromatic amines is 1. The van der Waals surface area contributed by atoms with Gasteiger partial charge in [0.05, 0.1) is 11.6 Å². The molecule has 0 amide bonds. The van der Waals surface area contributed by atoms with Gasteiger partial charge in [-0.2, -0.15) is 5.26 Å². The van der Waals surface area contributed by atoms with Crippen molar-refractivity contribution in [2.45, 2.75) is 17.3 Å². The average molecular weight is 306 g/mol. The smallest absolute Gasteiger partial charge is 0.208 e. The van der Waals surface area contributed by atoms with Crippen molar-refractivity contribution in [2.24, 2.45) is 0 Å². The first-order valence-electron chi connectivity index (χ1n) is 6.90. The Bertz CT molecular complexity index is 790. The van der Waals surface area contributed by atoms with Crippen LogP contribution in [0.25, 0.3) is 0 Å². The number of benzene rings is 2. The SMILES string of the molecule is N#Cc1cccc(CSc2n[nH]c(Cc3ccccc3)n2)c1. The maximum absolute atomic E-state index is 8.90. The lowest BCUT2D eigenvalue weighted by molar-refractivity contribution is 0.956. The van der Waals surface area contributed by atoms with E-state index in [1.54, 1.807) is 17.8 Å². The number of nitriles is 1. The van der Waals surface area contributed by atoms with E-state index < -0.39 is 0 Å². The Balaban J connectivity index is 1.61. The third kappa shape index (κ3) is 3.74. The number of hydrogen-bond donors (Lipinski definition) is 1. The molecule has 0 aliphatic heterocycles. The van der Waals surface area contributed by atoms with Crippen molar-refractivity contribution in [3.8, 4) is 6.07 Å². The maximum Gasteiger partial charge on any atom is 0.208 e. The normalized spacial score (nSPS) is 10.3. The molecule has 0 saturated carbocycles. The molecule has 0 aliphatic carbocycles. The molecule has 0 atom stereocenters. The molecule has 1 N–H and O–H groups in total. The highest BCUT2D eigenvalue weighted by Crippen LogP contribution is 2.20. The van der Waals surface area contributed by atoms with Crippen LogP contribution in [0.5, 0.6) is 0 Å². The fourth-order valence-electron chi connectivity index (χ4n) is 2.09. The van der Waals surface area contributed by atoms with Crippen molar-refractivity contribution >= 4 is 11.8 Å². The first kappa shape index (κ1) is 14.4. The molecule has 3 rings (SSSR count). The van der Waals surface area contributed by atoms with E-state index in [1.807, 2.05) is 36.4 Å². The van der Waals surface area contributed by atoms with Gasteiger partial charge >= 0.3 is 0 Å². The summed E-state index contributed by atoms with van der Waals surface area (Å²) in [6, 6.07) is 19.9. The van der Waals surface area contributed by atoms with Gasteiger partial charge in [-0.15, -0.1) is 5.10 Å². The van der Waals surface area contributed by atoms with Crippen LogP contribution in [-0.4, -0.2) is 15.2 Å². The van der Waals surface area contributed by atoms with Crippen molar-refractivity contribution in [1.82, 2.24) is 15.2 Å². The highest BCUT2D eigenvalue weighted by atomic mass is 32.2. The monoisotopic (exact) mass is 306 g/mol. The Morgan fingerprint density at radius 2 is 1.86 bits per heavy atom. The van der Waals surface area contributed by atoms with Crippen LogP contribution in [0, 0.1) is 11.3 Å². The van der Waals surface area contributed by atoms with E-state index >= 15 is 0 Å². The van der Waals surface area contributed by atoms with Gasteiger partial charge in [0.1, 0.15) is 5.82 Å². The summed E-state index contributed by atoms with van der Waals surface area (Å²) >= 11 is 1.56. The summed E-state index contributed by atoms with van der Waals surface area (Å²) in [6.45, 7) is 0. The molecule has 22 heavy (non-hydrogen) atoms. The van der Waals surface area contributed by atoms with E-state index in [0.29, 0.717) is 5.56 Å². The van der Waals surface area contributed by atoms with E-state index in [9.17, 15) is 0 Å². The van der Waals surface area contributed by atoms with Gasteiger partial charge in [0.15, 0.2) is 0 Å². The number of H-pyrrole nitrogens is 1. The van der Waals surface area contributed by atoms with E-state index in [0.717, 1.165) is 28.7 Å². The van der Waals surface area contributed by atoms with Crippen LogP contribution in [-0.2, 0) is 12.2 Å². The Morgan fingerprint density at radius 3 is 2.68 bits per heavy atom. The summed E-state index contributed by atoms with van der Waals surface area (Å²) in [7, 11) is 0. The standard InChI is InChI=1S/C17H14N4S/c18-11-14-7-4-8-15(9-14)12-22-17-19-16(20-21-17)10-13-5-2-1-3-6-13/h1-9H,10,12H2,(H,19,20,21). The molecule has 5 heteroatoms. The van der Waals surface area contributed by atoms with Gasteiger partial charge in [-0.25, -0.2) is 4.98 Å². The number of aromatic nitrogens is 3. The van der Waals surface area contributed by atoms with Gasteiger partial charge in [0, 0.05) is 12.2 Å². The second-order valence-electron chi connectivity index (χ2n) is 4.83. The van der Waals surface area contributed by atoms with E-state index in [4.69, 9.17) is 5.26 Å². The predicted molar refractivity (Wildman–Crippen MR) is 86.3 cm³/mol. The minimum absolute atomic E-state index is 0.679. The minimum atomic E-state index is 0.679. The molecule has 1 aromatic heterocycles. The molecule has 4 nitrogen and oxygen atoms in total. The topological polar surface area (TPSA) is 65.4 Å². The number of hydrogen-bond acceptors (Lipinski definition) is 4. The molecule has 1 heterocycles. The highest BCUT2D eigenvalue weighted by molar-refractivity contribution is 7.98. The van der Waals surface area contributed by atoms with Crippen molar-refractivity contribution in [1.29, 1.82) is 5.26 Å². The van der Waals surface area contributed by atoms with Gasteiger partial charge in [-0.1, -0.05) is 54.2 Å². The summed E-state index contributed by atoms with van der Waals surface area (Å²) < 4.78 is 0. The van der Waals surface area contributed by atoms with Crippen molar-refractivity contribution in [2.75, 3.05) is 0 Å². The van der Waals surface area contributed by atoms with Crippen LogP contribution in [0.2, 0.25) is 0 Å². The molecule has 0 saturated heterocycles. The second-order valence-corrected chi connectivity index (χ2v) is 5.77. The third-order valence-electron chi connectivity index (χ3n) is 3.15. The number of thioether (sulfide) groups is 1. The fourth-order valence-corrected chi connectivity index (χ4v) is 2.85. The maximum atomic E-state index is 8.90. The van der Waals surface area contributed by atoms with Crippen molar-refractivity contribution < 1.29 is 0 Å². The van der Waals surface area contributed by atoms with Gasteiger partial charge in [-0.3, -0.25) is 5.10 Å². The zero-order chi connectivity index (χ0) is 15.2. The minimum Gasteiger partial charge on any atom is -0.262 e. The first-order valence-corrected chi connectivity index (χ1v) is 7.89. The quantitative estimate of drug-likeness (QED) is 0.732. The molecular weight excluding hydrogens is 292 g/mol. The van der Waals surface area contributed by atoms with Crippen LogP contribution in [0.1, 0.15) is 22.5 Å². The highest BCUT2D eigenvalue weighted by Gasteiger charge is 2.05. The van der Waals surface area contributed by atoms with Crippen LogP contribution in [0.15, 0.2) is 59.8 Å². The molecule has 2 aromatic carbocycles. The number of rotatable bonds is 5. The number of nitrogens with zero attached hydrogens (tertiary/aromatic N) is 3. The number of nitrogens with one attached hydrogen (secondary N) is 1. The predicted octanol–water partition coefficient (Wildman–Crippen LogP) is 3.56. The summed E-state index contributed by atoms with van der Waals surface area (Å²) in [5.74, 6) is 1.61. The lowest BCUT2D eigenvalue weighted by Crippen LogP contribution is -1.90. The molecule has 0 radical (unpaired) electrons. The van der Waals surface area contributed by atoms with Crippen LogP contribution >= 0.6 is 11.8 Å². The van der Waals surface area contributed by atoms with Gasteiger partial charge in [0.2, 0.25) is 5.16 Å². The zero-order valence-electron chi connectivity index (χ0n) is 11.9. The second kappa shape index (κ2) is 6.92. The summed E-state index contributed by atoms with van der Waals surface area (Å²) in [4.78, 5) is 4.49. The third-order valence-corrected chi connectivity index (χ3v) is 4.07. The fraction of sp³-hybridized carbons (Fsp3) is 0.118. The summed E-state index contributed by atoms with van der Waals surface area (Å²) in [5.41, 5.74) is 2.98. The van der Waals surface area contributed by atoms with Gasteiger partial charge in [0.25, 0.3) is 0 Å². The van der Waals surface area contributed by atoms with Gasteiger partial charge in [-0.05, 0) is 23.3 Å². The Morgan fingerprint density at radius 1 is 1.05 bits per heavy atom. The average Bonchev–Trinajstić information content (AvgIpc) is 3.01. The lowest BCUT2D eigenvalue weighted by atomic mass is 10.1. The molecule has 108 valence electrons. The Kier molecular flexibility index (Phi) is 4.52. The van der Waals surface area contributed by atoms with E-state index in [2.05, 4.69) is 33.4 Å². The van der Waals surface area contributed by atoms with Crippen LogP contribution in [0.3, 0.4) is 0 Å². The Labute approximate surface area is 133 Å². The van der Waals surface area contributed by atoms with E-state index in [1.165, 1.54) is 5.56 Å². The first-order chi connectivity index (χ1) is 10.8. The van der Waals surface area contributed by atoms with E-state index in [-0.39, 0.29) is 0 Å². The van der Waals surface area contributed by atoms with Crippen molar-refractivity contribution in [3.63, 3.8) is 0 Å². The summed E-state index contributed by atoms with van der Waals surface area (Å²) in [5, 5.41) is 16.8. The lowest BCUT2D eigenvalue weighted by Gasteiger charge is -1.98. The van der Waals surface area contributed by atoms with Crippen LogP contribution in [0.4, 0.5) is 0 Å². The molecule has 0 aliphatic rings. The molecule has 0 spiro atoms. The molecular formula is C17H14N4S. The van der Waals surface area contributed by atoms with Crippen molar-refractivity contribution in [3.05, 3.63) is 77.1 Å². The largest absolute Gasteiger partial charge is 0.262 e. The molecule has 0 unspecified atom stereocenters. The van der Waals surface area contributed by atoms with Gasteiger partial charge < -0.3 is 0 Å². The molecule has 3 aromatic rings. The Hall–Kier alpha value is -2.58. The molecule has 0 bridgehead atoms. The summed E-state index contributed by atoms with van der Waals surface area (Å²) in [6.07, 6.45) is 0.748. The zero-order valence-corrected chi connectivity index (χ0v) is 12.7. The van der Waals surface area contributed by atoms with Crippen LogP contribution < -0.4 is 0 Å².